The van der Waals surface area contributed by atoms with Crippen LogP contribution in [0.25, 0.3) is 11.1 Å². The summed E-state index contributed by atoms with van der Waals surface area (Å²) >= 11 is 0. The molecule has 0 bridgehead atoms. The third-order valence-electron chi connectivity index (χ3n) is 4.19. The van der Waals surface area contributed by atoms with Crippen molar-refractivity contribution in [1.29, 1.82) is 0 Å². The van der Waals surface area contributed by atoms with Gasteiger partial charge in [-0.25, -0.2) is 9.38 Å². The molecule has 3 nitrogen and oxygen atoms in total. The van der Waals surface area contributed by atoms with Gasteiger partial charge in [0.25, 0.3) is 0 Å². The van der Waals surface area contributed by atoms with E-state index < -0.39 is 0 Å². The molecule has 0 saturated carbocycles. The Morgan fingerprint density at radius 1 is 1.12 bits per heavy atom. The van der Waals surface area contributed by atoms with Crippen LogP contribution in [0.4, 0.5) is 15.8 Å². The minimum absolute atomic E-state index is 0.187. The van der Waals surface area contributed by atoms with Gasteiger partial charge in [-0.3, -0.25) is 0 Å². The number of fused-ring (bicyclic) bond motifs is 3. The molecular weight excluding hydrogens is 355 g/mol. The van der Waals surface area contributed by atoms with Crippen LogP contribution in [0.15, 0.2) is 47.5 Å². The van der Waals surface area contributed by atoms with Gasteiger partial charge in [-0.05, 0) is 50.2 Å². The molecule has 4 rings (SSSR count). The lowest BCUT2D eigenvalue weighted by atomic mass is 9.90. The van der Waals surface area contributed by atoms with E-state index >= 15 is 0 Å². The van der Waals surface area contributed by atoms with Crippen LogP contribution in [0.5, 0.6) is 5.75 Å². The second-order valence-electron chi connectivity index (χ2n) is 6.43. The van der Waals surface area contributed by atoms with Gasteiger partial charge in [0.05, 0.1) is 23.2 Å². The zero-order valence-electron chi connectivity index (χ0n) is 14.1. The third kappa shape index (κ3) is 2.85. The molecule has 0 fully saturated rings. The average Bonchev–Trinajstić information content (AvgIpc) is 2.99. The van der Waals surface area contributed by atoms with E-state index in [-0.39, 0.29) is 11.4 Å². The Balaban J connectivity index is 1.98. The van der Waals surface area contributed by atoms with Crippen LogP contribution in [0.1, 0.15) is 18.7 Å². The van der Waals surface area contributed by atoms with Crippen LogP contribution >= 0.6 is 20.7 Å². The van der Waals surface area contributed by atoms with Crippen LogP contribution < -0.4 is 14.7 Å². The highest BCUT2D eigenvalue weighted by Crippen LogP contribution is 2.46. The van der Waals surface area contributed by atoms with Crippen molar-refractivity contribution in [3.05, 3.63) is 57.8 Å². The summed E-state index contributed by atoms with van der Waals surface area (Å²) in [6.45, 7) is 4.32. The van der Waals surface area contributed by atoms with E-state index in [2.05, 4.69) is 19.2 Å². The predicted octanol–water partition coefficient (Wildman–Crippen LogP) is 5.52. The van der Waals surface area contributed by atoms with Crippen molar-refractivity contribution in [3.63, 3.8) is 0 Å². The Kier molecular flexibility index (Phi) is 3.89. The number of hydrogen-bond donors (Lipinski definition) is 1. The smallest absolute Gasteiger partial charge is 0.135 e. The number of anilines is 1. The molecule has 0 unspecified atom stereocenters. The maximum atomic E-state index is 13.5. The van der Waals surface area contributed by atoms with Crippen molar-refractivity contribution >= 4 is 32.1 Å². The second kappa shape index (κ2) is 5.97. The number of ether oxygens (including phenoxy) is 1. The average molecular weight is 372 g/mol. The van der Waals surface area contributed by atoms with Crippen molar-refractivity contribution in [2.24, 2.45) is 4.99 Å². The Hall–Kier alpha value is -2.18. The molecule has 6 heteroatoms. The van der Waals surface area contributed by atoms with E-state index in [9.17, 15) is 4.39 Å². The Morgan fingerprint density at radius 3 is 2.72 bits per heavy atom. The van der Waals surface area contributed by atoms with E-state index in [0.717, 1.165) is 27.2 Å². The molecule has 1 aliphatic heterocycles. The number of benzene rings is 2. The van der Waals surface area contributed by atoms with Gasteiger partial charge in [0.2, 0.25) is 0 Å². The van der Waals surface area contributed by atoms with Gasteiger partial charge in [0.1, 0.15) is 16.2 Å². The van der Waals surface area contributed by atoms with Crippen LogP contribution in [0, 0.1) is 5.82 Å². The zero-order valence-corrected chi connectivity index (χ0v) is 15.7. The highest BCUT2D eigenvalue weighted by molar-refractivity contribution is 7.68. The molecule has 128 valence electrons. The van der Waals surface area contributed by atoms with Crippen molar-refractivity contribution in [2.75, 3.05) is 12.4 Å². The summed E-state index contributed by atoms with van der Waals surface area (Å²) in [5.41, 5.74) is 3.67. The number of methoxy groups -OCH3 is 1. The van der Waals surface area contributed by atoms with E-state index in [1.54, 1.807) is 33.9 Å². The first-order valence-electron chi connectivity index (χ1n) is 7.88. The fourth-order valence-corrected chi connectivity index (χ4v) is 5.95. The van der Waals surface area contributed by atoms with Crippen molar-refractivity contribution in [2.45, 2.75) is 19.4 Å². The lowest BCUT2D eigenvalue weighted by molar-refractivity contribution is 0.415. The molecule has 0 radical (unpaired) electrons. The Labute approximate surface area is 152 Å². The first-order valence-corrected chi connectivity index (χ1v) is 10.0. The molecule has 0 spiro atoms. The predicted molar refractivity (Wildman–Crippen MR) is 102 cm³/mol. The van der Waals surface area contributed by atoms with E-state index in [1.807, 2.05) is 24.3 Å². The van der Waals surface area contributed by atoms with Crippen molar-refractivity contribution in [1.82, 2.24) is 0 Å². The van der Waals surface area contributed by atoms with Crippen LogP contribution in [-0.2, 0) is 5.54 Å². The summed E-state index contributed by atoms with van der Waals surface area (Å²) in [6.07, 6.45) is 0. The third-order valence-corrected chi connectivity index (χ3v) is 6.84. The van der Waals surface area contributed by atoms with Gasteiger partial charge < -0.3 is 10.1 Å². The maximum absolute atomic E-state index is 13.5. The summed E-state index contributed by atoms with van der Waals surface area (Å²) in [5, 5.41) is 3.59. The van der Waals surface area contributed by atoms with E-state index in [4.69, 9.17) is 9.73 Å². The fourth-order valence-electron chi connectivity index (χ4n) is 3.01. The topological polar surface area (TPSA) is 33.6 Å². The quantitative estimate of drug-likeness (QED) is 0.601. The second-order valence-corrected chi connectivity index (χ2v) is 8.56. The molecular formula is C19H17FN2OS2. The van der Waals surface area contributed by atoms with Crippen LogP contribution in [0.2, 0.25) is 0 Å². The molecule has 2 aromatic carbocycles. The first kappa shape index (κ1) is 16.3. The molecule has 2 heterocycles. The summed E-state index contributed by atoms with van der Waals surface area (Å²) < 4.78 is 19.8. The van der Waals surface area contributed by atoms with Crippen molar-refractivity contribution < 1.29 is 9.13 Å². The molecule has 1 aliphatic rings. The molecule has 3 aromatic rings. The lowest BCUT2D eigenvalue weighted by Crippen LogP contribution is -2.31. The van der Waals surface area contributed by atoms with E-state index in [0.29, 0.717) is 5.69 Å². The summed E-state index contributed by atoms with van der Waals surface area (Å²) in [5.74, 6) is 0.526. The fraction of sp³-hybridized carbons (Fsp3) is 0.211. The highest BCUT2D eigenvalue weighted by atomic mass is 32.9. The molecule has 25 heavy (non-hydrogen) atoms. The minimum atomic E-state index is -0.278. The number of rotatable bonds is 2. The standard InChI is InChI=1S/C19H17FN2OS2/c1-19(2)17-16(14-10-13(23-3)7-8-15(14)22-19)18(25-24-17)21-12-6-4-5-11(20)9-12/h4-10,22H,1-3H3. The number of halogens is 1. The Morgan fingerprint density at radius 2 is 1.96 bits per heavy atom. The van der Waals surface area contributed by atoms with Gasteiger partial charge in [-0.15, -0.1) is 0 Å². The number of nitrogens with one attached hydrogen (secondary N) is 1. The van der Waals surface area contributed by atoms with Crippen LogP contribution in [-0.4, -0.2) is 7.11 Å². The van der Waals surface area contributed by atoms with Gasteiger partial charge in [0.15, 0.2) is 0 Å². The molecule has 0 aliphatic carbocycles. The summed E-state index contributed by atoms with van der Waals surface area (Å²) in [7, 11) is 4.99. The van der Waals surface area contributed by atoms with Gasteiger partial charge in [-0.2, -0.15) is 0 Å². The van der Waals surface area contributed by atoms with Crippen LogP contribution in [0.3, 0.4) is 0 Å². The number of hydrogen-bond acceptors (Lipinski definition) is 5. The zero-order chi connectivity index (χ0) is 17.6. The molecule has 0 atom stereocenters. The first-order chi connectivity index (χ1) is 12.0. The monoisotopic (exact) mass is 372 g/mol. The Bertz CT molecular complexity index is 1020. The minimum Gasteiger partial charge on any atom is -0.497 e. The largest absolute Gasteiger partial charge is 0.497 e. The molecule has 1 N–H and O–H groups in total. The van der Waals surface area contributed by atoms with E-state index in [1.165, 1.54) is 17.0 Å². The highest BCUT2D eigenvalue weighted by Gasteiger charge is 2.33. The van der Waals surface area contributed by atoms with Gasteiger partial charge in [0, 0.05) is 16.8 Å². The maximum Gasteiger partial charge on any atom is 0.135 e. The van der Waals surface area contributed by atoms with Crippen molar-refractivity contribution in [3.8, 4) is 16.9 Å². The molecule has 0 saturated heterocycles. The summed E-state index contributed by atoms with van der Waals surface area (Å²) in [4.78, 5) is 5.95. The summed E-state index contributed by atoms with van der Waals surface area (Å²) in [6, 6.07) is 12.4. The molecule has 0 amide bonds. The SMILES string of the molecule is COc1ccc2c(c1)-c1c(ssc1=Nc1cccc(F)c1)C(C)(C)N2. The number of nitrogens with zero attached hydrogens (tertiary/aromatic N) is 1. The lowest BCUT2D eigenvalue weighted by Gasteiger charge is -2.33. The van der Waals surface area contributed by atoms with Gasteiger partial charge in [-0.1, -0.05) is 26.7 Å². The normalized spacial score (nSPS) is 15.3. The molecule has 1 aromatic heterocycles. The van der Waals surface area contributed by atoms with Gasteiger partial charge >= 0.3 is 0 Å².